The molecule has 0 spiro atoms. The quantitative estimate of drug-likeness (QED) is 0.648. The van der Waals surface area contributed by atoms with E-state index < -0.39 is 6.09 Å². The number of carbonyl (C=O) groups excluding carboxylic acids is 3. The molecule has 1 aromatic carbocycles. The molecular formula is C22H27N3O6S. The normalized spacial score (nSPS) is 12.6. The van der Waals surface area contributed by atoms with Crippen LogP contribution in [-0.4, -0.2) is 50.2 Å². The first-order chi connectivity index (χ1) is 15.4. The number of hydrogen-bond donors (Lipinski definition) is 2. The Labute approximate surface area is 190 Å². The van der Waals surface area contributed by atoms with Gasteiger partial charge in [0.15, 0.2) is 0 Å². The lowest BCUT2D eigenvalue weighted by Crippen LogP contribution is -2.36. The summed E-state index contributed by atoms with van der Waals surface area (Å²) in [5.74, 6) is 0.484. The van der Waals surface area contributed by atoms with Crippen molar-refractivity contribution < 1.29 is 28.6 Å². The van der Waals surface area contributed by atoms with E-state index in [0.717, 1.165) is 10.4 Å². The molecule has 10 heteroatoms. The molecule has 0 bridgehead atoms. The molecule has 0 saturated heterocycles. The Morgan fingerprint density at radius 2 is 1.91 bits per heavy atom. The van der Waals surface area contributed by atoms with E-state index in [-0.39, 0.29) is 18.2 Å². The van der Waals surface area contributed by atoms with Crippen LogP contribution in [0.15, 0.2) is 18.2 Å². The Morgan fingerprint density at radius 3 is 2.56 bits per heavy atom. The minimum atomic E-state index is -0.391. The number of methoxy groups -OCH3 is 2. The Hall–Kier alpha value is -3.27. The van der Waals surface area contributed by atoms with E-state index in [1.165, 1.54) is 25.6 Å². The van der Waals surface area contributed by atoms with Gasteiger partial charge < -0.3 is 29.7 Å². The van der Waals surface area contributed by atoms with Crippen molar-refractivity contribution in [1.82, 2.24) is 4.90 Å². The predicted octanol–water partition coefficient (Wildman–Crippen LogP) is 3.88. The highest BCUT2D eigenvalue weighted by Gasteiger charge is 2.31. The molecule has 2 aromatic rings. The third-order valence-corrected chi connectivity index (χ3v) is 6.17. The van der Waals surface area contributed by atoms with Crippen LogP contribution in [0, 0.1) is 0 Å². The minimum Gasteiger partial charge on any atom is -0.497 e. The van der Waals surface area contributed by atoms with E-state index in [1.54, 1.807) is 36.9 Å². The summed E-state index contributed by atoms with van der Waals surface area (Å²) < 4.78 is 15.7. The molecule has 2 N–H and O–H groups in total. The van der Waals surface area contributed by atoms with Gasteiger partial charge in [-0.05, 0) is 31.0 Å². The van der Waals surface area contributed by atoms with Crippen LogP contribution in [0.4, 0.5) is 15.5 Å². The van der Waals surface area contributed by atoms with Crippen LogP contribution < -0.4 is 20.1 Å². The fraction of sp³-hybridized carbons (Fsp3) is 0.409. The summed E-state index contributed by atoms with van der Waals surface area (Å²) in [7, 11) is 3.05. The van der Waals surface area contributed by atoms with Gasteiger partial charge in [0.05, 0.1) is 38.6 Å². The zero-order valence-corrected chi connectivity index (χ0v) is 19.4. The van der Waals surface area contributed by atoms with Crippen LogP contribution in [0.5, 0.6) is 11.5 Å². The maximum Gasteiger partial charge on any atom is 0.410 e. The van der Waals surface area contributed by atoms with Crippen molar-refractivity contribution in [3.8, 4) is 11.5 Å². The van der Waals surface area contributed by atoms with Crippen LogP contribution in [0.25, 0.3) is 0 Å². The highest BCUT2D eigenvalue weighted by molar-refractivity contribution is 7.17. The summed E-state index contributed by atoms with van der Waals surface area (Å²) in [6.45, 7) is 4.54. The fourth-order valence-corrected chi connectivity index (χ4v) is 4.69. The van der Waals surface area contributed by atoms with Crippen molar-refractivity contribution in [1.29, 1.82) is 0 Å². The average molecular weight is 462 g/mol. The molecule has 1 aromatic heterocycles. The number of nitrogens with one attached hydrogen (secondary N) is 2. The zero-order chi connectivity index (χ0) is 23.3. The molecule has 0 fully saturated rings. The molecule has 3 rings (SSSR count). The molecule has 3 amide bonds. The predicted molar refractivity (Wildman–Crippen MR) is 122 cm³/mol. The number of benzene rings is 1. The van der Waals surface area contributed by atoms with Crippen LogP contribution in [-0.2, 0) is 22.5 Å². The topological polar surface area (TPSA) is 106 Å². The van der Waals surface area contributed by atoms with Crippen LogP contribution >= 0.6 is 11.3 Å². The number of hydrogen-bond acceptors (Lipinski definition) is 7. The molecule has 0 saturated carbocycles. The highest BCUT2D eigenvalue weighted by Crippen LogP contribution is 2.39. The van der Waals surface area contributed by atoms with E-state index in [1.807, 2.05) is 0 Å². The number of nitrogens with zero attached hydrogens (tertiary/aromatic N) is 1. The Bertz CT molecular complexity index is 1020. The molecule has 172 valence electrons. The van der Waals surface area contributed by atoms with Crippen molar-refractivity contribution in [3.63, 3.8) is 0 Å². The first-order valence-corrected chi connectivity index (χ1v) is 11.1. The standard InChI is InChI=1S/C22H27N3O6S/c1-5-18(26)24-21-19(14-9-10-25(12-17(14)32-21)22(28)31-6-2)20(27)23-15-11-13(29-3)7-8-16(15)30-4/h7-8,11H,5-6,9-10,12H2,1-4H3,(H,23,27)(H,24,26). The molecule has 0 unspecified atom stereocenters. The van der Waals surface area contributed by atoms with Crippen LogP contribution in [0.3, 0.4) is 0 Å². The summed E-state index contributed by atoms with van der Waals surface area (Å²) in [4.78, 5) is 40.1. The van der Waals surface area contributed by atoms with Gasteiger partial charge in [0.1, 0.15) is 16.5 Å². The van der Waals surface area contributed by atoms with Gasteiger partial charge in [0.2, 0.25) is 5.91 Å². The summed E-state index contributed by atoms with van der Waals surface area (Å²) in [5.41, 5.74) is 1.68. The zero-order valence-electron chi connectivity index (χ0n) is 18.6. The molecule has 2 heterocycles. The number of anilines is 2. The van der Waals surface area contributed by atoms with E-state index in [9.17, 15) is 14.4 Å². The third kappa shape index (κ3) is 4.96. The smallest absolute Gasteiger partial charge is 0.410 e. The van der Waals surface area contributed by atoms with E-state index >= 15 is 0 Å². The van der Waals surface area contributed by atoms with Gasteiger partial charge in [-0.1, -0.05) is 6.92 Å². The number of rotatable bonds is 7. The van der Waals surface area contributed by atoms with Gasteiger partial charge in [-0.3, -0.25) is 9.59 Å². The average Bonchev–Trinajstić information content (AvgIpc) is 3.15. The summed E-state index contributed by atoms with van der Waals surface area (Å²) in [6, 6.07) is 5.11. The molecule has 1 aliphatic heterocycles. The maximum absolute atomic E-state index is 13.4. The van der Waals surface area contributed by atoms with Crippen molar-refractivity contribution in [2.24, 2.45) is 0 Å². The number of ether oxygens (including phenoxy) is 3. The molecule has 32 heavy (non-hydrogen) atoms. The summed E-state index contributed by atoms with van der Waals surface area (Å²) in [6.07, 6.45) is 0.366. The Kier molecular flexibility index (Phi) is 7.57. The third-order valence-electron chi connectivity index (χ3n) is 5.04. The molecule has 0 radical (unpaired) electrons. The number of carbonyl (C=O) groups is 3. The Morgan fingerprint density at radius 1 is 1.12 bits per heavy atom. The number of fused-ring (bicyclic) bond motifs is 1. The van der Waals surface area contributed by atoms with Crippen molar-refractivity contribution in [3.05, 3.63) is 34.2 Å². The largest absolute Gasteiger partial charge is 0.497 e. The van der Waals surface area contributed by atoms with Gasteiger partial charge in [0.25, 0.3) is 5.91 Å². The fourth-order valence-electron chi connectivity index (χ4n) is 3.41. The Balaban J connectivity index is 1.95. The SMILES string of the molecule is CCOC(=O)N1CCc2c(sc(NC(=O)CC)c2C(=O)Nc2cc(OC)ccc2OC)C1. The van der Waals surface area contributed by atoms with E-state index in [2.05, 4.69) is 10.6 Å². The lowest BCUT2D eigenvalue weighted by Gasteiger charge is -2.26. The second-order valence-electron chi connectivity index (χ2n) is 7.00. The summed E-state index contributed by atoms with van der Waals surface area (Å²) in [5, 5.41) is 6.18. The molecule has 0 atom stereocenters. The molecule has 9 nitrogen and oxygen atoms in total. The highest BCUT2D eigenvalue weighted by atomic mass is 32.1. The van der Waals surface area contributed by atoms with Gasteiger partial charge in [-0.2, -0.15) is 0 Å². The lowest BCUT2D eigenvalue weighted by atomic mass is 10.0. The van der Waals surface area contributed by atoms with E-state index in [4.69, 9.17) is 14.2 Å². The lowest BCUT2D eigenvalue weighted by molar-refractivity contribution is -0.115. The first kappa shape index (κ1) is 23.4. The van der Waals surface area contributed by atoms with Gasteiger partial charge in [0, 0.05) is 23.9 Å². The number of thiophene rings is 1. The molecular weight excluding hydrogens is 434 g/mol. The van der Waals surface area contributed by atoms with Crippen LogP contribution in [0.2, 0.25) is 0 Å². The van der Waals surface area contributed by atoms with Crippen molar-refractivity contribution >= 4 is 39.9 Å². The van der Waals surface area contributed by atoms with Crippen LogP contribution in [0.1, 0.15) is 41.1 Å². The molecule has 0 aliphatic carbocycles. The van der Waals surface area contributed by atoms with Crippen molar-refractivity contribution in [2.75, 3.05) is 38.0 Å². The minimum absolute atomic E-state index is 0.196. The number of amides is 3. The molecule has 1 aliphatic rings. The second-order valence-corrected chi connectivity index (χ2v) is 8.11. The van der Waals surface area contributed by atoms with Crippen molar-refractivity contribution in [2.45, 2.75) is 33.2 Å². The monoisotopic (exact) mass is 461 g/mol. The van der Waals surface area contributed by atoms with E-state index in [0.29, 0.717) is 53.9 Å². The first-order valence-electron chi connectivity index (χ1n) is 10.3. The second kappa shape index (κ2) is 10.4. The summed E-state index contributed by atoms with van der Waals surface area (Å²) >= 11 is 1.30. The van der Waals surface area contributed by atoms with Gasteiger partial charge in [-0.25, -0.2) is 4.79 Å². The van der Waals surface area contributed by atoms with Gasteiger partial charge in [-0.15, -0.1) is 11.3 Å². The van der Waals surface area contributed by atoms with Gasteiger partial charge >= 0.3 is 6.09 Å². The maximum atomic E-state index is 13.4.